The number of nitrogens with one attached hydrogen (secondary N) is 1. The number of alkyl halides is 3. The first-order valence-corrected chi connectivity index (χ1v) is 6.54. The zero-order chi connectivity index (χ0) is 12.7. The molecule has 5 heteroatoms. The second-order valence-electron chi connectivity index (χ2n) is 5.11. The first-order valence-electron chi connectivity index (χ1n) is 6.54. The highest BCUT2D eigenvalue weighted by Crippen LogP contribution is 2.29. The van der Waals surface area contributed by atoms with E-state index in [1.807, 2.05) is 0 Å². The van der Waals surface area contributed by atoms with Crippen molar-refractivity contribution in [2.24, 2.45) is 11.8 Å². The summed E-state index contributed by atoms with van der Waals surface area (Å²) in [5, 5.41) is 0. The van der Waals surface area contributed by atoms with Gasteiger partial charge in [0.05, 0.1) is 0 Å². The van der Waals surface area contributed by atoms with E-state index in [2.05, 4.69) is 5.43 Å². The van der Waals surface area contributed by atoms with Gasteiger partial charge >= 0.3 is 6.18 Å². The lowest BCUT2D eigenvalue weighted by molar-refractivity contribution is -0.135. The molecule has 0 aromatic heterocycles. The zero-order valence-electron chi connectivity index (χ0n) is 10.2. The van der Waals surface area contributed by atoms with Crippen LogP contribution >= 0.6 is 0 Å². The summed E-state index contributed by atoms with van der Waals surface area (Å²) in [6.07, 6.45) is 3.10. The van der Waals surface area contributed by atoms with Crippen LogP contribution in [-0.2, 0) is 0 Å². The highest BCUT2D eigenvalue weighted by Gasteiger charge is 2.27. The van der Waals surface area contributed by atoms with Gasteiger partial charge < -0.3 is 0 Å². The standard InChI is InChI=1S/C12H23F3N2/c13-12(14,15)8-4-7-11(17-16)9-10-5-2-1-3-6-10/h10-11,17H,1-9,16H2. The lowest BCUT2D eigenvalue weighted by Gasteiger charge is -2.26. The minimum atomic E-state index is -4.04. The number of nitrogens with two attached hydrogens (primary N) is 1. The second-order valence-corrected chi connectivity index (χ2v) is 5.11. The zero-order valence-corrected chi connectivity index (χ0v) is 10.2. The molecule has 0 saturated heterocycles. The van der Waals surface area contributed by atoms with E-state index in [0.717, 1.165) is 6.42 Å². The molecule has 0 radical (unpaired) electrons. The first-order chi connectivity index (χ1) is 8.01. The maximum atomic E-state index is 12.0. The van der Waals surface area contributed by atoms with Crippen molar-refractivity contribution < 1.29 is 13.2 Å². The Morgan fingerprint density at radius 3 is 2.35 bits per heavy atom. The molecule has 0 bridgehead atoms. The average Bonchev–Trinajstić information content (AvgIpc) is 2.27. The van der Waals surface area contributed by atoms with Crippen molar-refractivity contribution in [1.82, 2.24) is 5.43 Å². The van der Waals surface area contributed by atoms with Crippen molar-refractivity contribution in [3.63, 3.8) is 0 Å². The summed E-state index contributed by atoms with van der Waals surface area (Å²) in [6.45, 7) is 0. The minimum absolute atomic E-state index is 0.0421. The van der Waals surface area contributed by atoms with Crippen LogP contribution in [0.25, 0.3) is 0 Å². The third kappa shape index (κ3) is 6.88. The fourth-order valence-electron chi connectivity index (χ4n) is 2.64. The van der Waals surface area contributed by atoms with Gasteiger partial charge in [-0.25, -0.2) is 0 Å². The number of hydrogen-bond donors (Lipinski definition) is 2. The molecule has 1 rings (SSSR count). The molecular formula is C12H23F3N2. The van der Waals surface area contributed by atoms with Crippen LogP contribution in [0.1, 0.15) is 57.8 Å². The summed E-state index contributed by atoms with van der Waals surface area (Å²) in [6, 6.07) is 0.0421. The normalized spacial score (nSPS) is 20.5. The van der Waals surface area contributed by atoms with Gasteiger partial charge in [0.25, 0.3) is 0 Å². The van der Waals surface area contributed by atoms with Crippen molar-refractivity contribution in [2.45, 2.75) is 70.0 Å². The summed E-state index contributed by atoms with van der Waals surface area (Å²) >= 11 is 0. The van der Waals surface area contributed by atoms with Gasteiger partial charge in [-0.15, -0.1) is 0 Å². The lowest BCUT2D eigenvalue weighted by Crippen LogP contribution is -2.37. The molecule has 1 unspecified atom stereocenters. The van der Waals surface area contributed by atoms with Crippen molar-refractivity contribution in [2.75, 3.05) is 0 Å². The highest BCUT2D eigenvalue weighted by atomic mass is 19.4. The quantitative estimate of drug-likeness (QED) is 0.560. The van der Waals surface area contributed by atoms with Gasteiger partial charge in [-0.1, -0.05) is 32.1 Å². The summed E-state index contributed by atoms with van der Waals surface area (Å²) in [7, 11) is 0. The van der Waals surface area contributed by atoms with Gasteiger partial charge in [0.2, 0.25) is 0 Å². The highest BCUT2D eigenvalue weighted by molar-refractivity contribution is 4.73. The van der Waals surface area contributed by atoms with Crippen molar-refractivity contribution in [3.05, 3.63) is 0 Å². The SMILES string of the molecule is NNC(CCCC(F)(F)F)CC1CCCCC1. The van der Waals surface area contributed by atoms with Gasteiger partial charge in [-0.3, -0.25) is 11.3 Å². The maximum Gasteiger partial charge on any atom is 0.389 e. The average molecular weight is 252 g/mol. The first kappa shape index (κ1) is 14.8. The predicted octanol–water partition coefficient (Wildman–Crippen LogP) is 3.52. The molecule has 1 aliphatic carbocycles. The number of rotatable bonds is 6. The molecule has 0 spiro atoms. The van der Waals surface area contributed by atoms with Crippen LogP contribution < -0.4 is 11.3 Å². The molecular weight excluding hydrogens is 229 g/mol. The smallest absolute Gasteiger partial charge is 0.271 e. The molecule has 1 atom stereocenters. The molecule has 0 aliphatic heterocycles. The summed E-state index contributed by atoms with van der Waals surface area (Å²) in [5.41, 5.74) is 2.67. The van der Waals surface area contributed by atoms with Crippen molar-refractivity contribution in [1.29, 1.82) is 0 Å². The topological polar surface area (TPSA) is 38.0 Å². The largest absolute Gasteiger partial charge is 0.389 e. The van der Waals surface area contributed by atoms with Gasteiger partial charge in [0.1, 0.15) is 0 Å². The van der Waals surface area contributed by atoms with Gasteiger partial charge in [-0.2, -0.15) is 13.2 Å². The fourth-order valence-corrected chi connectivity index (χ4v) is 2.64. The third-order valence-corrected chi connectivity index (χ3v) is 3.59. The van der Waals surface area contributed by atoms with E-state index >= 15 is 0 Å². The Balaban J connectivity index is 2.18. The van der Waals surface area contributed by atoms with Crippen LogP contribution in [0.4, 0.5) is 13.2 Å². The Morgan fingerprint density at radius 1 is 1.18 bits per heavy atom. The Morgan fingerprint density at radius 2 is 1.82 bits per heavy atom. The summed E-state index contributed by atoms with van der Waals surface area (Å²) in [4.78, 5) is 0. The van der Waals surface area contributed by atoms with E-state index in [0.29, 0.717) is 12.3 Å². The van der Waals surface area contributed by atoms with Gasteiger partial charge in [0, 0.05) is 12.5 Å². The molecule has 3 N–H and O–H groups in total. The molecule has 0 aromatic carbocycles. The van der Waals surface area contributed by atoms with Crippen LogP contribution in [0.2, 0.25) is 0 Å². The van der Waals surface area contributed by atoms with Gasteiger partial charge in [0.15, 0.2) is 0 Å². The van der Waals surface area contributed by atoms with Crippen LogP contribution in [0.5, 0.6) is 0 Å². The summed E-state index contributed by atoms with van der Waals surface area (Å²) < 4.78 is 36.1. The van der Waals surface area contributed by atoms with E-state index in [4.69, 9.17) is 5.84 Å². The second kappa shape index (κ2) is 7.21. The number of hydrogen-bond acceptors (Lipinski definition) is 2. The van der Waals surface area contributed by atoms with Crippen molar-refractivity contribution >= 4 is 0 Å². The Labute approximate surface area is 101 Å². The van der Waals surface area contributed by atoms with Crippen molar-refractivity contribution in [3.8, 4) is 0 Å². The van der Waals surface area contributed by atoms with E-state index in [-0.39, 0.29) is 12.5 Å². The molecule has 0 aromatic rings. The molecule has 0 heterocycles. The number of halogens is 3. The van der Waals surface area contributed by atoms with Gasteiger partial charge in [-0.05, 0) is 25.2 Å². The Bertz CT molecular complexity index is 200. The van der Waals surface area contributed by atoms with Crippen LogP contribution in [0.3, 0.4) is 0 Å². The lowest BCUT2D eigenvalue weighted by atomic mass is 9.84. The molecule has 1 fully saturated rings. The molecule has 1 aliphatic rings. The maximum absolute atomic E-state index is 12.0. The predicted molar refractivity (Wildman–Crippen MR) is 62.2 cm³/mol. The Kier molecular flexibility index (Phi) is 6.27. The Hall–Kier alpha value is -0.290. The minimum Gasteiger partial charge on any atom is -0.271 e. The molecule has 1 saturated carbocycles. The molecule has 102 valence electrons. The number of hydrazine groups is 1. The van der Waals surface area contributed by atoms with E-state index < -0.39 is 12.6 Å². The summed E-state index contributed by atoms with van der Waals surface area (Å²) in [5.74, 6) is 6.06. The van der Waals surface area contributed by atoms with E-state index in [9.17, 15) is 13.2 Å². The molecule has 0 amide bonds. The van der Waals surface area contributed by atoms with Crippen LogP contribution in [0.15, 0.2) is 0 Å². The van der Waals surface area contributed by atoms with E-state index in [1.165, 1.54) is 32.1 Å². The molecule has 17 heavy (non-hydrogen) atoms. The molecule has 2 nitrogen and oxygen atoms in total. The fraction of sp³-hybridized carbons (Fsp3) is 1.00. The third-order valence-electron chi connectivity index (χ3n) is 3.59. The van der Waals surface area contributed by atoms with E-state index in [1.54, 1.807) is 0 Å². The van der Waals surface area contributed by atoms with Crippen LogP contribution in [-0.4, -0.2) is 12.2 Å². The van der Waals surface area contributed by atoms with Crippen LogP contribution in [0, 0.1) is 5.92 Å². The monoisotopic (exact) mass is 252 g/mol.